The summed E-state index contributed by atoms with van der Waals surface area (Å²) in [7, 11) is 0. The lowest BCUT2D eigenvalue weighted by molar-refractivity contribution is -0.136. The number of nitrogens with one attached hydrogen (secondary N) is 1. The molecule has 5 rings (SSSR count). The summed E-state index contributed by atoms with van der Waals surface area (Å²) >= 11 is 1.80. The van der Waals surface area contributed by atoms with Gasteiger partial charge in [-0.25, -0.2) is 4.39 Å². The van der Waals surface area contributed by atoms with Crippen molar-refractivity contribution in [2.24, 2.45) is 0 Å². The number of amides is 1. The van der Waals surface area contributed by atoms with Gasteiger partial charge in [-0.3, -0.25) is 9.52 Å². The lowest BCUT2D eigenvalue weighted by Gasteiger charge is -2.42. The summed E-state index contributed by atoms with van der Waals surface area (Å²) in [6.45, 7) is 3.29. The Morgan fingerprint density at radius 2 is 1.97 bits per heavy atom. The van der Waals surface area contributed by atoms with E-state index in [1.807, 2.05) is 47.4 Å². The zero-order valence-corrected chi connectivity index (χ0v) is 18.7. The smallest absolute Gasteiger partial charge is 0.226 e. The number of carbonyl (C=O) groups is 1. The Hall–Kier alpha value is -2.05. The Morgan fingerprint density at radius 1 is 1.16 bits per heavy atom. The van der Waals surface area contributed by atoms with Crippen LogP contribution >= 0.6 is 11.9 Å². The minimum atomic E-state index is -0.211. The number of hydrogen-bond acceptors (Lipinski definition) is 4. The normalized spacial score (nSPS) is 24.8. The molecule has 2 atom stereocenters. The van der Waals surface area contributed by atoms with Gasteiger partial charge >= 0.3 is 0 Å². The van der Waals surface area contributed by atoms with Crippen molar-refractivity contribution in [1.29, 1.82) is 0 Å². The molecule has 2 aliphatic heterocycles. The highest BCUT2D eigenvalue weighted by molar-refractivity contribution is 7.99. The molecule has 2 fully saturated rings. The molecule has 0 spiro atoms. The van der Waals surface area contributed by atoms with Gasteiger partial charge in [-0.2, -0.15) is 0 Å². The quantitative estimate of drug-likeness (QED) is 0.685. The van der Waals surface area contributed by atoms with E-state index >= 15 is 4.39 Å². The van der Waals surface area contributed by atoms with E-state index in [1.54, 1.807) is 11.9 Å². The number of para-hydroxylation sites is 1. The van der Waals surface area contributed by atoms with E-state index in [9.17, 15) is 4.79 Å². The van der Waals surface area contributed by atoms with Gasteiger partial charge in [0, 0.05) is 28.5 Å². The number of hydrogen-bond donors (Lipinski definition) is 1. The lowest BCUT2D eigenvalue weighted by atomic mass is 9.89. The molecular formula is C25H29FN2O2S. The van der Waals surface area contributed by atoms with Gasteiger partial charge in [-0.15, -0.1) is 0 Å². The summed E-state index contributed by atoms with van der Waals surface area (Å²) in [4.78, 5) is 15.1. The average molecular weight is 441 g/mol. The fraction of sp³-hybridized carbons (Fsp3) is 0.480. The molecular weight excluding hydrogens is 411 g/mol. The van der Waals surface area contributed by atoms with Crippen molar-refractivity contribution >= 4 is 17.9 Å². The first-order valence-electron chi connectivity index (χ1n) is 11.3. The van der Waals surface area contributed by atoms with Gasteiger partial charge in [0.25, 0.3) is 0 Å². The predicted molar refractivity (Wildman–Crippen MR) is 123 cm³/mol. The maximum Gasteiger partial charge on any atom is 0.226 e. The third-order valence-corrected chi connectivity index (χ3v) is 8.09. The van der Waals surface area contributed by atoms with Crippen LogP contribution in [0.15, 0.2) is 42.5 Å². The van der Waals surface area contributed by atoms with Crippen LogP contribution in [0.25, 0.3) is 11.1 Å². The monoisotopic (exact) mass is 440 g/mol. The van der Waals surface area contributed by atoms with Crippen molar-refractivity contribution in [1.82, 2.24) is 9.62 Å². The Bertz CT molecular complexity index is 978. The molecule has 2 aromatic carbocycles. The molecule has 2 bridgehead atoms. The SMILES string of the molecule is CC1(SNC2CCCN3C(=O)CCOc4ccccc4-c4cccc(c4F)CC23)CC1. The fourth-order valence-electron chi connectivity index (χ4n) is 4.63. The van der Waals surface area contributed by atoms with Crippen molar-refractivity contribution in [3.05, 3.63) is 53.8 Å². The van der Waals surface area contributed by atoms with Crippen molar-refractivity contribution in [2.75, 3.05) is 13.2 Å². The van der Waals surface area contributed by atoms with Crippen LogP contribution in [-0.2, 0) is 11.2 Å². The summed E-state index contributed by atoms with van der Waals surface area (Å²) in [6.07, 6.45) is 5.25. The van der Waals surface area contributed by atoms with E-state index in [-0.39, 0.29) is 23.8 Å². The van der Waals surface area contributed by atoms with Crippen LogP contribution in [0.5, 0.6) is 5.75 Å². The van der Waals surface area contributed by atoms with Crippen LogP contribution in [0.4, 0.5) is 4.39 Å². The number of carbonyl (C=O) groups excluding carboxylic acids is 1. The van der Waals surface area contributed by atoms with Gasteiger partial charge in [-0.05, 0) is 50.7 Å². The molecule has 1 saturated carbocycles. The van der Waals surface area contributed by atoms with Crippen LogP contribution in [0.2, 0.25) is 0 Å². The van der Waals surface area contributed by atoms with E-state index in [2.05, 4.69) is 11.6 Å². The Balaban J connectivity index is 1.51. The predicted octanol–water partition coefficient (Wildman–Crippen LogP) is 4.97. The van der Waals surface area contributed by atoms with Gasteiger partial charge in [0.15, 0.2) is 0 Å². The van der Waals surface area contributed by atoms with E-state index in [0.717, 1.165) is 24.9 Å². The second-order valence-electron chi connectivity index (χ2n) is 9.15. The number of ether oxygens (including phenoxy) is 1. The summed E-state index contributed by atoms with van der Waals surface area (Å²) in [6, 6.07) is 13.2. The topological polar surface area (TPSA) is 41.6 Å². The minimum absolute atomic E-state index is 0.0597. The molecule has 3 aliphatic rings. The van der Waals surface area contributed by atoms with E-state index in [1.165, 1.54) is 12.8 Å². The minimum Gasteiger partial charge on any atom is -0.492 e. The first-order chi connectivity index (χ1) is 15.0. The molecule has 1 N–H and O–H groups in total. The fourth-order valence-corrected chi connectivity index (χ4v) is 5.65. The van der Waals surface area contributed by atoms with Crippen LogP contribution in [0.1, 0.15) is 44.6 Å². The molecule has 2 aromatic rings. The highest BCUT2D eigenvalue weighted by atomic mass is 32.2. The zero-order valence-electron chi connectivity index (χ0n) is 17.9. The Labute approximate surface area is 187 Å². The number of halogens is 1. The van der Waals surface area contributed by atoms with Gasteiger partial charge in [0.2, 0.25) is 5.91 Å². The molecule has 164 valence electrons. The number of fused-ring (bicyclic) bond motifs is 5. The van der Waals surface area contributed by atoms with Crippen molar-refractivity contribution in [3.63, 3.8) is 0 Å². The Kier molecular flexibility index (Phi) is 5.69. The van der Waals surface area contributed by atoms with Crippen LogP contribution in [-0.4, -0.2) is 40.8 Å². The molecule has 1 saturated heterocycles. The molecule has 2 unspecified atom stereocenters. The molecule has 1 aliphatic carbocycles. The third-order valence-electron chi connectivity index (χ3n) is 6.77. The molecule has 0 radical (unpaired) electrons. The lowest BCUT2D eigenvalue weighted by Crippen LogP contribution is -2.56. The number of nitrogens with zero attached hydrogens (tertiary/aromatic N) is 1. The van der Waals surface area contributed by atoms with Crippen LogP contribution in [0, 0.1) is 5.82 Å². The molecule has 2 heterocycles. The standard InChI is InChI=1S/C25H29FN2O2S/c1-25(12-13-25)31-27-20-9-5-14-28-21(20)16-17-6-4-8-19(24(17)26)18-7-2-3-10-22(18)30-15-11-23(28)29/h2-4,6-8,10,20-21,27H,5,9,11-16H2,1H3. The van der Waals surface area contributed by atoms with Crippen LogP contribution < -0.4 is 9.46 Å². The Morgan fingerprint density at radius 3 is 2.81 bits per heavy atom. The number of benzene rings is 2. The summed E-state index contributed by atoms with van der Waals surface area (Å²) in [5.41, 5.74) is 1.96. The first-order valence-corrected chi connectivity index (χ1v) is 12.1. The maximum atomic E-state index is 15.7. The largest absolute Gasteiger partial charge is 0.492 e. The summed E-state index contributed by atoms with van der Waals surface area (Å²) in [5.74, 6) is 0.502. The molecule has 31 heavy (non-hydrogen) atoms. The van der Waals surface area contributed by atoms with Crippen molar-refractivity contribution in [2.45, 2.75) is 62.3 Å². The van der Waals surface area contributed by atoms with Gasteiger partial charge in [0.1, 0.15) is 11.6 Å². The van der Waals surface area contributed by atoms with Gasteiger partial charge < -0.3 is 9.64 Å². The molecule has 6 heteroatoms. The molecule has 1 amide bonds. The highest BCUT2D eigenvalue weighted by Crippen LogP contribution is 2.47. The zero-order chi connectivity index (χ0) is 21.4. The second-order valence-corrected chi connectivity index (χ2v) is 10.6. The molecule has 0 aromatic heterocycles. The van der Waals surface area contributed by atoms with Crippen LogP contribution in [0.3, 0.4) is 0 Å². The second kappa shape index (κ2) is 8.47. The molecule has 4 nitrogen and oxygen atoms in total. The van der Waals surface area contributed by atoms with Crippen molar-refractivity contribution in [3.8, 4) is 16.9 Å². The van der Waals surface area contributed by atoms with E-state index in [0.29, 0.717) is 41.1 Å². The van der Waals surface area contributed by atoms with Crippen molar-refractivity contribution < 1.29 is 13.9 Å². The van der Waals surface area contributed by atoms with E-state index < -0.39 is 0 Å². The maximum absolute atomic E-state index is 15.7. The summed E-state index contributed by atoms with van der Waals surface area (Å²) in [5, 5.41) is 0. The number of rotatable bonds is 3. The first kappa shape index (κ1) is 20.8. The van der Waals surface area contributed by atoms with Gasteiger partial charge in [0.05, 0.1) is 19.1 Å². The van der Waals surface area contributed by atoms with E-state index in [4.69, 9.17) is 4.74 Å². The number of piperidine rings is 1. The third kappa shape index (κ3) is 4.33. The summed E-state index contributed by atoms with van der Waals surface area (Å²) < 4.78 is 25.6. The highest BCUT2D eigenvalue weighted by Gasteiger charge is 2.41. The van der Waals surface area contributed by atoms with Gasteiger partial charge in [-0.1, -0.05) is 48.3 Å². The average Bonchev–Trinajstić information content (AvgIpc) is 3.51.